The molecule has 0 atom stereocenters. The van der Waals surface area contributed by atoms with Crippen LogP contribution in [0, 0.1) is 0 Å². The van der Waals surface area contributed by atoms with Crippen LogP contribution in [-0.2, 0) is 38.8 Å². The second-order valence-corrected chi connectivity index (χ2v) is 4.31. The monoisotopic (exact) mass is 278 g/mol. The molecule has 0 spiro atoms. The van der Waals surface area contributed by atoms with E-state index in [0.717, 1.165) is 0 Å². The third-order valence-corrected chi connectivity index (χ3v) is 1.72. The summed E-state index contributed by atoms with van der Waals surface area (Å²) in [5.74, 6) is -2.98. The van der Waals surface area contributed by atoms with E-state index in [-0.39, 0.29) is 0 Å². The molecule has 0 fully saturated rings. The van der Waals surface area contributed by atoms with Crippen LogP contribution in [0.5, 0.6) is 0 Å². The second kappa shape index (κ2) is 5.20. The fourth-order valence-corrected chi connectivity index (χ4v) is 1.16. The quantitative estimate of drug-likeness (QED) is 0.563. The van der Waals surface area contributed by atoms with Crippen molar-refractivity contribution in [2.75, 3.05) is 0 Å². The van der Waals surface area contributed by atoms with Crippen molar-refractivity contribution in [2.45, 2.75) is 12.8 Å². The van der Waals surface area contributed by atoms with Crippen molar-refractivity contribution >= 4 is 32.7 Å². The molecule has 0 saturated carbocycles. The molecule has 0 amide bonds. The van der Waals surface area contributed by atoms with Crippen molar-refractivity contribution in [1.82, 2.24) is 0 Å². The molecule has 2 N–H and O–H groups in total. The van der Waals surface area contributed by atoms with Gasteiger partial charge in [0.1, 0.15) is 0 Å². The average molecular weight is 278 g/mol. The van der Waals surface area contributed by atoms with Crippen molar-refractivity contribution in [3.8, 4) is 0 Å². The maximum atomic E-state index is 10.5. The van der Waals surface area contributed by atoms with Gasteiger partial charge in [-0.15, -0.1) is 0 Å². The summed E-state index contributed by atoms with van der Waals surface area (Å²) in [5, 5.41) is 0. The van der Waals surface area contributed by atoms with Gasteiger partial charge in [0.2, 0.25) is 0 Å². The third-order valence-electron chi connectivity index (χ3n) is 0.930. The Morgan fingerprint density at radius 3 is 1.25 bits per heavy atom. The molecule has 0 bridgehead atoms. The van der Waals surface area contributed by atoms with E-state index in [4.69, 9.17) is 9.11 Å². The van der Waals surface area contributed by atoms with Gasteiger partial charge in [0.25, 0.3) is 0 Å². The van der Waals surface area contributed by atoms with E-state index in [2.05, 4.69) is 8.37 Å². The predicted octanol–water partition coefficient (Wildman–Crippen LogP) is -1.54. The van der Waals surface area contributed by atoms with Crippen LogP contribution in [0.1, 0.15) is 12.8 Å². The molecule has 0 aliphatic carbocycles. The van der Waals surface area contributed by atoms with Gasteiger partial charge in [-0.1, -0.05) is 0 Å². The van der Waals surface area contributed by atoms with E-state index in [9.17, 15) is 26.4 Å². The number of carbonyl (C=O) groups excluding carboxylic acids is 2. The number of hydrogen-bond donors (Lipinski definition) is 2. The van der Waals surface area contributed by atoms with E-state index in [1.54, 1.807) is 0 Å². The maximum Gasteiger partial charge on any atom is 0.448 e. The maximum absolute atomic E-state index is 10.5. The fourth-order valence-electron chi connectivity index (χ4n) is 0.522. The smallest absolute Gasteiger partial charge is 0.325 e. The molecule has 12 heteroatoms. The zero-order valence-corrected chi connectivity index (χ0v) is 9.02. The molecule has 0 radical (unpaired) electrons. The molecule has 0 aliphatic rings. The summed E-state index contributed by atoms with van der Waals surface area (Å²) in [6, 6.07) is 0. The van der Waals surface area contributed by atoms with Gasteiger partial charge in [-0.2, -0.15) is 16.8 Å². The largest absolute Gasteiger partial charge is 0.448 e. The van der Waals surface area contributed by atoms with Crippen molar-refractivity contribution in [3.05, 3.63) is 0 Å². The third kappa shape index (κ3) is 9.32. The summed E-state index contributed by atoms with van der Waals surface area (Å²) in [6.45, 7) is 0. The van der Waals surface area contributed by atoms with Gasteiger partial charge < -0.3 is 8.37 Å². The van der Waals surface area contributed by atoms with Crippen LogP contribution in [0.3, 0.4) is 0 Å². The fraction of sp³-hybridized carbons (Fsp3) is 0.500. The molecular formula is C4H6O10S2. The average Bonchev–Trinajstić information content (AvgIpc) is 1.94. The van der Waals surface area contributed by atoms with E-state index in [1.807, 2.05) is 0 Å². The van der Waals surface area contributed by atoms with Crippen LogP contribution < -0.4 is 0 Å². The molecule has 0 aromatic heterocycles. The molecule has 10 nitrogen and oxygen atoms in total. The minimum atomic E-state index is -4.98. The minimum absolute atomic E-state index is 0.853. The highest BCUT2D eigenvalue weighted by Crippen LogP contribution is 2.00. The Morgan fingerprint density at radius 2 is 1.06 bits per heavy atom. The van der Waals surface area contributed by atoms with Crippen LogP contribution in [0.25, 0.3) is 0 Å². The van der Waals surface area contributed by atoms with E-state index >= 15 is 0 Å². The normalized spacial score (nSPS) is 11.9. The summed E-state index contributed by atoms with van der Waals surface area (Å²) in [6.07, 6.45) is -1.71. The summed E-state index contributed by atoms with van der Waals surface area (Å²) in [5.41, 5.74) is 0. The van der Waals surface area contributed by atoms with Gasteiger partial charge in [0.15, 0.2) is 0 Å². The van der Waals surface area contributed by atoms with Gasteiger partial charge >= 0.3 is 32.7 Å². The molecule has 16 heavy (non-hydrogen) atoms. The molecule has 94 valence electrons. The predicted molar refractivity (Wildman–Crippen MR) is 44.5 cm³/mol. The van der Waals surface area contributed by atoms with Crippen molar-refractivity contribution in [3.63, 3.8) is 0 Å². The lowest BCUT2D eigenvalue weighted by Gasteiger charge is -2.00. The summed E-state index contributed by atoms with van der Waals surface area (Å²) < 4.78 is 62.7. The van der Waals surface area contributed by atoms with E-state index < -0.39 is 45.6 Å². The first-order valence-electron chi connectivity index (χ1n) is 3.39. The van der Waals surface area contributed by atoms with Gasteiger partial charge in [-0.05, 0) is 0 Å². The first kappa shape index (κ1) is 14.8. The molecule has 0 rings (SSSR count). The lowest BCUT2D eigenvalue weighted by molar-refractivity contribution is -0.140. The first-order valence-corrected chi connectivity index (χ1v) is 6.12. The Hall–Kier alpha value is -1.24. The van der Waals surface area contributed by atoms with E-state index in [1.165, 1.54) is 0 Å². The van der Waals surface area contributed by atoms with Crippen LogP contribution in [0.4, 0.5) is 0 Å². The number of carbonyl (C=O) groups is 2. The molecule has 0 aromatic carbocycles. The van der Waals surface area contributed by atoms with Gasteiger partial charge in [-0.3, -0.25) is 18.7 Å². The number of hydrogen-bond acceptors (Lipinski definition) is 8. The lowest BCUT2D eigenvalue weighted by atomic mass is 10.3. The summed E-state index contributed by atoms with van der Waals surface area (Å²) in [7, 11) is -9.95. The lowest BCUT2D eigenvalue weighted by Crippen LogP contribution is -2.16. The number of rotatable bonds is 5. The van der Waals surface area contributed by atoms with Crippen LogP contribution in [-0.4, -0.2) is 37.9 Å². The van der Waals surface area contributed by atoms with Crippen molar-refractivity contribution in [2.24, 2.45) is 0 Å². The highest BCUT2D eigenvalue weighted by Gasteiger charge is 2.18. The Morgan fingerprint density at radius 1 is 0.812 bits per heavy atom. The highest BCUT2D eigenvalue weighted by atomic mass is 32.3. The zero-order valence-electron chi connectivity index (χ0n) is 7.39. The standard InChI is InChI=1S/C4H6O10S2/c5-3(13-15(7,8)9)1-2-4(6)14-16(10,11)12/h1-2H2,(H,7,8,9)(H,10,11,12). The molecule has 0 unspecified atom stereocenters. The van der Waals surface area contributed by atoms with E-state index in [0.29, 0.717) is 0 Å². The van der Waals surface area contributed by atoms with Gasteiger partial charge in [-0.25, -0.2) is 0 Å². The molecular weight excluding hydrogens is 272 g/mol. The summed E-state index contributed by atoms with van der Waals surface area (Å²) >= 11 is 0. The summed E-state index contributed by atoms with van der Waals surface area (Å²) in [4.78, 5) is 21.1. The first-order chi connectivity index (χ1) is 6.99. The highest BCUT2D eigenvalue weighted by molar-refractivity contribution is 7.81. The van der Waals surface area contributed by atoms with Crippen LogP contribution >= 0.6 is 0 Å². The second-order valence-electron chi connectivity index (χ2n) is 2.27. The minimum Gasteiger partial charge on any atom is -0.325 e. The van der Waals surface area contributed by atoms with Crippen molar-refractivity contribution < 1.29 is 43.9 Å². The molecule has 0 aliphatic heterocycles. The van der Waals surface area contributed by atoms with Gasteiger partial charge in [0, 0.05) is 0 Å². The molecule has 0 heterocycles. The Balaban J connectivity index is 4.08. The Labute approximate surface area is 90.1 Å². The topological polar surface area (TPSA) is 161 Å². The SMILES string of the molecule is O=C(CCC(=O)OS(=O)(=O)O)OS(=O)(=O)O. The zero-order chi connectivity index (χ0) is 13.0. The Bertz CT molecular complexity index is 423. The Kier molecular flexibility index (Phi) is 4.80. The van der Waals surface area contributed by atoms with Gasteiger partial charge in [0.05, 0.1) is 12.8 Å². The molecule has 0 saturated heterocycles. The van der Waals surface area contributed by atoms with Crippen molar-refractivity contribution in [1.29, 1.82) is 0 Å². The van der Waals surface area contributed by atoms with Crippen LogP contribution in [0.15, 0.2) is 0 Å². The molecule has 0 aromatic rings. The van der Waals surface area contributed by atoms with Crippen LogP contribution in [0.2, 0.25) is 0 Å².